The largest absolute Gasteiger partial charge is 0.356 e. The van der Waals surface area contributed by atoms with Crippen LogP contribution in [-0.4, -0.2) is 0 Å². The van der Waals surface area contributed by atoms with E-state index in [4.69, 9.17) is 0 Å². The Morgan fingerprint density at radius 3 is 1.10 bits per heavy atom. The average molecular weight is 643 g/mol. The van der Waals surface area contributed by atoms with Gasteiger partial charge in [-0.2, -0.15) is 0 Å². The maximum Gasteiger partial charge on any atom is 0.0384 e. The first-order chi connectivity index (χ1) is 23.7. The van der Waals surface area contributed by atoms with E-state index in [9.17, 15) is 0 Å². The van der Waals surface area contributed by atoms with Crippen LogP contribution in [0.15, 0.2) is 97.1 Å². The lowest BCUT2D eigenvalue weighted by Gasteiger charge is -2.39. The second-order valence-corrected chi connectivity index (χ2v) is 14.5. The number of aryl methyl sites for hydroxylation is 2. The minimum atomic E-state index is 0.0890. The Labute approximate surface area is 293 Å². The van der Waals surface area contributed by atoms with Gasteiger partial charge in [0.25, 0.3) is 0 Å². The summed E-state index contributed by atoms with van der Waals surface area (Å²) in [5.74, 6) is 0. The molecule has 0 aromatic heterocycles. The molecule has 0 unspecified atom stereocenters. The van der Waals surface area contributed by atoms with Crippen LogP contribution in [0, 0.1) is 0 Å². The minimum Gasteiger partial charge on any atom is -0.356 e. The van der Waals surface area contributed by atoms with Gasteiger partial charge in [0, 0.05) is 28.2 Å². The third kappa shape index (κ3) is 10.7. The van der Waals surface area contributed by atoms with Gasteiger partial charge >= 0.3 is 0 Å². The molecule has 5 rings (SSSR count). The fourth-order valence-electron chi connectivity index (χ4n) is 7.71. The minimum absolute atomic E-state index is 0.0890. The summed E-state index contributed by atoms with van der Waals surface area (Å²) in [5, 5.41) is 7.30. The molecule has 0 radical (unpaired) electrons. The van der Waals surface area contributed by atoms with Crippen LogP contribution >= 0.6 is 0 Å². The maximum absolute atomic E-state index is 3.65. The van der Waals surface area contributed by atoms with Crippen LogP contribution in [0.5, 0.6) is 0 Å². The summed E-state index contributed by atoms with van der Waals surface area (Å²) in [7, 11) is 0. The topological polar surface area (TPSA) is 24.1 Å². The zero-order valence-electron chi connectivity index (χ0n) is 30.2. The van der Waals surface area contributed by atoms with Gasteiger partial charge in [0.2, 0.25) is 0 Å². The van der Waals surface area contributed by atoms with Crippen LogP contribution in [0.1, 0.15) is 145 Å². The van der Waals surface area contributed by atoms with E-state index in [1.54, 1.807) is 0 Å². The van der Waals surface area contributed by atoms with Crippen molar-refractivity contribution in [3.8, 4) is 0 Å². The molecule has 1 aliphatic carbocycles. The zero-order chi connectivity index (χ0) is 33.3. The lowest BCUT2D eigenvalue weighted by molar-refractivity contribution is 0.346. The molecule has 2 heteroatoms. The molecule has 2 N–H and O–H groups in total. The summed E-state index contributed by atoms with van der Waals surface area (Å²) >= 11 is 0. The molecule has 4 aromatic carbocycles. The average Bonchev–Trinajstić information content (AvgIpc) is 3.13. The van der Waals surface area contributed by atoms with E-state index in [-0.39, 0.29) is 5.41 Å². The Morgan fingerprint density at radius 1 is 0.396 bits per heavy atom. The van der Waals surface area contributed by atoms with Gasteiger partial charge in [-0.05, 0) is 109 Å². The third-order valence-electron chi connectivity index (χ3n) is 10.7. The summed E-state index contributed by atoms with van der Waals surface area (Å²) in [4.78, 5) is 0. The van der Waals surface area contributed by atoms with Gasteiger partial charge in [-0.25, -0.2) is 0 Å². The van der Waals surface area contributed by atoms with Crippen molar-refractivity contribution in [3.05, 3.63) is 119 Å². The predicted octanol–water partition coefficient (Wildman–Crippen LogP) is 14.2. The number of unbranched alkanes of at least 4 members (excludes halogenated alkanes) is 10. The second kappa shape index (κ2) is 19.5. The summed E-state index contributed by atoms with van der Waals surface area (Å²) in [6, 6.07) is 36.8. The van der Waals surface area contributed by atoms with E-state index in [2.05, 4.69) is 122 Å². The molecule has 48 heavy (non-hydrogen) atoms. The van der Waals surface area contributed by atoms with Gasteiger partial charge in [0.15, 0.2) is 0 Å². The standard InChI is InChI=1S/C46H62N2/c1-3-5-7-9-11-14-18-38-20-28-42(29-21-38)47-44-32-24-40(25-33-44)46(36-16-13-17-37-46)41-26-34-45(35-27-41)48-43-30-22-39(23-31-43)19-15-12-10-8-6-4-2/h20-35,47-48H,3-19,36-37H2,1-2H3. The SMILES string of the molecule is CCCCCCCCc1ccc(Nc2ccc(C3(c4ccc(Nc5ccc(CCCCCCCC)cc5)cc4)CCCCC3)cc2)cc1. The highest BCUT2D eigenvalue weighted by molar-refractivity contribution is 5.62. The van der Waals surface area contributed by atoms with Crippen molar-refractivity contribution in [2.24, 2.45) is 0 Å². The number of benzene rings is 4. The fraction of sp³-hybridized carbons (Fsp3) is 0.478. The summed E-state index contributed by atoms with van der Waals surface area (Å²) < 4.78 is 0. The van der Waals surface area contributed by atoms with Crippen molar-refractivity contribution in [1.29, 1.82) is 0 Å². The Kier molecular flexibility index (Phi) is 14.5. The van der Waals surface area contributed by atoms with Crippen molar-refractivity contribution in [3.63, 3.8) is 0 Å². The lowest BCUT2D eigenvalue weighted by Crippen LogP contribution is -2.30. The number of anilines is 4. The van der Waals surface area contributed by atoms with Crippen LogP contribution in [0.25, 0.3) is 0 Å². The van der Waals surface area contributed by atoms with Gasteiger partial charge in [-0.1, -0.05) is 146 Å². The van der Waals surface area contributed by atoms with Crippen LogP contribution in [0.3, 0.4) is 0 Å². The van der Waals surface area contributed by atoms with Gasteiger partial charge in [-0.15, -0.1) is 0 Å². The first kappa shape index (κ1) is 35.8. The smallest absolute Gasteiger partial charge is 0.0384 e. The van der Waals surface area contributed by atoms with Gasteiger partial charge in [-0.3, -0.25) is 0 Å². The molecule has 2 nitrogen and oxygen atoms in total. The van der Waals surface area contributed by atoms with Crippen LogP contribution in [0.2, 0.25) is 0 Å². The molecule has 4 aromatic rings. The fourth-order valence-corrected chi connectivity index (χ4v) is 7.71. The second-order valence-electron chi connectivity index (χ2n) is 14.5. The molecule has 256 valence electrons. The van der Waals surface area contributed by atoms with Crippen LogP contribution in [-0.2, 0) is 18.3 Å². The van der Waals surface area contributed by atoms with Gasteiger partial charge in [0.1, 0.15) is 0 Å². The summed E-state index contributed by atoms with van der Waals surface area (Å²) in [5.41, 5.74) is 10.5. The Morgan fingerprint density at radius 2 is 0.729 bits per heavy atom. The summed E-state index contributed by atoms with van der Waals surface area (Å²) in [6.45, 7) is 4.57. The third-order valence-corrected chi connectivity index (χ3v) is 10.7. The van der Waals surface area contributed by atoms with E-state index < -0.39 is 0 Å². The molecule has 1 saturated carbocycles. The highest BCUT2D eigenvalue weighted by atomic mass is 14.9. The van der Waals surface area contributed by atoms with Crippen LogP contribution < -0.4 is 10.6 Å². The molecule has 1 aliphatic rings. The Hall–Kier alpha value is -3.52. The normalized spacial score (nSPS) is 14.1. The van der Waals surface area contributed by atoms with Crippen molar-refractivity contribution < 1.29 is 0 Å². The number of rotatable bonds is 20. The molecule has 0 heterocycles. The van der Waals surface area contributed by atoms with E-state index in [0.717, 1.165) is 22.7 Å². The highest BCUT2D eigenvalue weighted by Gasteiger charge is 2.35. The summed E-state index contributed by atoms with van der Waals surface area (Å²) in [6.07, 6.45) is 24.9. The Bertz CT molecular complexity index is 1320. The van der Waals surface area contributed by atoms with E-state index >= 15 is 0 Å². The molecule has 0 spiro atoms. The first-order valence-corrected chi connectivity index (χ1v) is 19.6. The predicted molar refractivity (Wildman–Crippen MR) is 210 cm³/mol. The molecule has 0 amide bonds. The molecule has 0 aliphatic heterocycles. The van der Waals surface area contributed by atoms with Crippen LogP contribution in [0.4, 0.5) is 22.7 Å². The number of hydrogen-bond acceptors (Lipinski definition) is 2. The number of hydrogen-bond donors (Lipinski definition) is 2. The molecule has 0 bridgehead atoms. The van der Waals surface area contributed by atoms with Crippen molar-refractivity contribution >= 4 is 22.7 Å². The maximum atomic E-state index is 3.65. The molecule has 0 atom stereocenters. The monoisotopic (exact) mass is 642 g/mol. The van der Waals surface area contributed by atoms with Gasteiger partial charge in [0.05, 0.1) is 0 Å². The molecular weight excluding hydrogens is 581 g/mol. The van der Waals surface area contributed by atoms with E-state index in [1.165, 1.54) is 144 Å². The first-order valence-electron chi connectivity index (χ1n) is 19.6. The van der Waals surface area contributed by atoms with Crippen molar-refractivity contribution in [2.45, 2.75) is 141 Å². The van der Waals surface area contributed by atoms with Gasteiger partial charge < -0.3 is 10.6 Å². The van der Waals surface area contributed by atoms with E-state index in [1.807, 2.05) is 0 Å². The molecule has 0 saturated heterocycles. The quantitative estimate of drug-likeness (QED) is 0.0937. The van der Waals surface area contributed by atoms with Crippen molar-refractivity contribution in [2.75, 3.05) is 10.6 Å². The Balaban J connectivity index is 1.15. The highest BCUT2D eigenvalue weighted by Crippen LogP contribution is 2.45. The number of nitrogens with one attached hydrogen (secondary N) is 2. The lowest BCUT2D eigenvalue weighted by atomic mass is 9.65. The molecule has 1 fully saturated rings. The zero-order valence-corrected chi connectivity index (χ0v) is 30.2. The van der Waals surface area contributed by atoms with Crippen molar-refractivity contribution in [1.82, 2.24) is 0 Å². The van der Waals surface area contributed by atoms with E-state index in [0.29, 0.717) is 0 Å². The molecular formula is C46H62N2.